The zero-order chi connectivity index (χ0) is 17.9. The van der Waals surface area contributed by atoms with E-state index in [1.54, 1.807) is 0 Å². The molecule has 3 rings (SSSR count). The molecular weight excluding hydrogens is 441 g/mol. The van der Waals surface area contributed by atoms with Gasteiger partial charge in [-0.3, -0.25) is 4.99 Å². The van der Waals surface area contributed by atoms with Crippen LogP contribution >= 0.6 is 24.0 Å². The average molecular weight is 475 g/mol. The van der Waals surface area contributed by atoms with Gasteiger partial charge in [-0.1, -0.05) is 20.8 Å². The highest BCUT2D eigenvalue weighted by Gasteiger charge is 2.27. The molecule has 0 saturated carbocycles. The molecule has 2 saturated heterocycles. The first-order valence-electron chi connectivity index (χ1n) is 9.59. The third-order valence-electron chi connectivity index (χ3n) is 5.20. The highest BCUT2D eigenvalue weighted by molar-refractivity contribution is 14.0. The minimum Gasteiger partial charge on any atom is -0.443 e. The number of likely N-dealkylation sites (tertiary alicyclic amines) is 2. The highest BCUT2D eigenvalue weighted by atomic mass is 127. The second kappa shape index (κ2) is 9.39. The molecule has 1 aromatic rings. The van der Waals surface area contributed by atoms with Crippen molar-refractivity contribution in [1.82, 2.24) is 20.1 Å². The largest absolute Gasteiger partial charge is 0.443 e. The normalized spacial score (nSPS) is 21.9. The van der Waals surface area contributed by atoms with Gasteiger partial charge in [0.2, 0.25) is 5.89 Å². The summed E-state index contributed by atoms with van der Waals surface area (Å²) in [4.78, 5) is 13.8. The predicted molar refractivity (Wildman–Crippen MR) is 116 cm³/mol. The van der Waals surface area contributed by atoms with Crippen LogP contribution in [0.25, 0.3) is 0 Å². The van der Waals surface area contributed by atoms with Crippen LogP contribution in [0.2, 0.25) is 0 Å². The molecular formula is C19H34IN5O. The van der Waals surface area contributed by atoms with Gasteiger partial charge in [0.05, 0.1) is 12.7 Å². The minimum absolute atomic E-state index is 0. The molecule has 0 aliphatic carbocycles. The van der Waals surface area contributed by atoms with E-state index in [0.29, 0.717) is 6.54 Å². The van der Waals surface area contributed by atoms with E-state index in [1.165, 1.54) is 38.9 Å². The number of aliphatic imine (C=N–C) groups is 1. The number of oxazole rings is 1. The standard InChI is InChI=1S/C19H33N5O.HI/c1-19(2,3)16-11-21-17(25-16)12-22-18(20-4)24-10-7-15(14-24)13-23-8-5-6-9-23;/h11,15H,5-10,12-14H2,1-4H3,(H,20,22);1H. The molecule has 1 aromatic heterocycles. The van der Waals surface area contributed by atoms with Crippen LogP contribution in [0, 0.1) is 5.92 Å². The van der Waals surface area contributed by atoms with Crippen molar-refractivity contribution >= 4 is 29.9 Å². The van der Waals surface area contributed by atoms with Crippen molar-refractivity contribution in [1.29, 1.82) is 0 Å². The third-order valence-corrected chi connectivity index (χ3v) is 5.20. The molecule has 1 unspecified atom stereocenters. The zero-order valence-corrected chi connectivity index (χ0v) is 19.0. The van der Waals surface area contributed by atoms with Gasteiger partial charge in [-0.2, -0.15) is 0 Å². The smallest absolute Gasteiger partial charge is 0.213 e. The Balaban J connectivity index is 0.00000243. The Kier molecular flexibility index (Phi) is 7.76. The maximum atomic E-state index is 5.86. The molecule has 148 valence electrons. The molecule has 1 atom stereocenters. The van der Waals surface area contributed by atoms with Gasteiger partial charge in [-0.05, 0) is 38.3 Å². The highest BCUT2D eigenvalue weighted by Crippen LogP contribution is 2.23. The molecule has 2 aliphatic heterocycles. The topological polar surface area (TPSA) is 56.9 Å². The number of hydrogen-bond donors (Lipinski definition) is 1. The number of guanidine groups is 1. The van der Waals surface area contributed by atoms with Gasteiger partial charge in [0.25, 0.3) is 0 Å². The molecule has 3 heterocycles. The first-order valence-corrected chi connectivity index (χ1v) is 9.59. The number of nitrogens with one attached hydrogen (secondary N) is 1. The fraction of sp³-hybridized carbons (Fsp3) is 0.789. The summed E-state index contributed by atoms with van der Waals surface area (Å²) in [5.41, 5.74) is -0.00925. The molecule has 2 aliphatic rings. The summed E-state index contributed by atoms with van der Waals surface area (Å²) in [6.07, 6.45) is 5.82. The van der Waals surface area contributed by atoms with Crippen LogP contribution in [-0.4, -0.2) is 60.5 Å². The van der Waals surface area contributed by atoms with Crippen LogP contribution < -0.4 is 5.32 Å². The Bertz CT molecular complexity index is 589. The lowest BCUT2D eigenvalue weighted by Gasteiger charge is -2.23. The van der Waals surface area contributed by atoms with Crippen LogP contribution in [0.1, 0.15) is 51.7 Å². The van der Waals surface area contributed by atoms with Crippen molar-refractivity contribution in [3.8, 4) is 0 Å². The summed E-state index contributed by atoms with van der Waals surface area (Å²) in [6, 6.07) is 0. The van der Waals surface area contributed by atoms with Crippen molar-refractivity contribution in [3.05, 3.63) is 17.8 Å². The second-order valence-corrected chi connectivity index (χ2v) is 8.38. The van der Waals surface area contributed by atoms with Crippen molar-refractivity contribution in [2.24, 2.45) is 10.9 Å². The number of halogens is 1. The Morgan fingerprint density at radius 1 is 1.31 bits per heavy atom. The Hall–Kier alpha value is -0.830. The molecule has 2 fully saturated rings. The number of nitrogens with zero attached hydrogens (tertiary/aromatic N) is 4. The van der Waals surface area contributed by atoms with Crippen molar-refractivity contribution in [2.45, 2.75) is 52.0 Å². The Morgan fingerprint density at radius 3 is 2.65 bits per heavy atom. The molecule has 1 N–H and O–H groups in total. The lowest BCUT2D eigenvalue weighted by Crippen LogP contribution is -2.40. The van der Waals surface area contributed by atoms with E-state index in [4.69, 9.17) is 4.42 Å². The van der Waals surface area contributed by atoms with Gasteiger partial charge in [0.1, 0.15) is 5.76 Å². The first-order chi connectivity index (χ1) is 12.0. The summed E-state index contributed by atoms with van der Waals surface area (Å²) in [5, 5.41) is 3.41. The maximum Gasteiger partial charge on any atom is 0.213 e. The summed E-state index contributed by atoms with van der Waals surface area (Å²) in [7, 11) is 1.85. The van der Waals surface area contributed by atoms with Crippen molar-refractivity contribution in [3.63, 3.8) is 0 Å². The summed E-state index contributed by atoms with van der Waals surface area (Å²) < 4.78 is 5.86. The Labute approximate surface area is 174 Å². The zero-order valence-electron chi connectivity index (χ0n) is 16.6. The van der Waals surface area contributed by atoms with Crippen LogP contribution in [-0.2, 0) is 12.0 Å². The summed E-state index contributed by atoms with van der Waals surface area (Å²) >= 11 is 0. The molecule has 0 bridgehead atoms. The van der Waals surface area contributed by atoms with Crippen LogP contribution in [0.4, 0.5) is 0 Å². The SMILES string of the molecule is CN=C(NCc1ncc(C(C)(C)C)o1)N1CCC(CN2CCCC2)C1.I. The fourth-order valence-electron chi connectivity index (χ4n) is 3.73. The lowest BCUT2D eigenvalue weighted by molar-refractivity contribution is 0.281. The number of hydrogen-bond acceptors (Lipinski definition) is 4. The summed E-state index contributed by atoms with van der Waals surface area (Å²) in [5.74, 6) is 3.36. The van der Waals surface area contributed by atoms with Crippen molar-refractivity contribution in [2.75, 3.05) is 39.8 Å². The van der Waals surface area contributed by atoms with Gasteiger partial charge in [0, 0.05) is 32.1 Å². The van der Waals surface area contributed by atoms with Crippen LogP contribution in [0.5, 0.6) is 0 Å². The minimum atomic E-state index is -0.00925. The van der Waals surface area contributed by atoms with E-state index in [-0.39, 0.29) is 29.4 Å². The van der Waals surface area contributed by atoms with Crippen molar-refractivity contribution < 1.29 is 4.42 Å². The third kappa shape index (κ3) is 5.58. The fourth-order valence-corrected chi connectivity index (χ4v) is 3.73. The van der Waals surface area contributed by atoms with Gasteiger partial charge in [-0.15, -0.1) is 24.0 Å². The summed E-state index contributed by atoms with van der Waals surface area (Å²) in [6.45, 7) is 13.0. The second-order valence-electron chi connectivity index (χ2n) is 8.38. The first kappa shape index (κ1) is 21.5. The van der Waals surface area contributed by atoms with Gasteiger partial charge < -0.3 is 19.5 Å². The number of rotatable bonds is 4. The van der Waals surface area contributed by atoms with E-state index in [2.05, 4.69) is 45.9 Å². The predicted octanol–water partition coefficient (Wildman–Crippen LogP) is 3.08. The molecule has 0 amide bonds. The van der Waals surface area contributed by atoms with Gasteiger partial charge in [0.15, 0.2) is 5.96 Å². The average Bonchev–Trinajstić information content (AvgIpc) is 3.29. The van der Waals surface area contributed by atoms with Gasteiger partial charge >= 0.3 is 0 Å². The Morgan fingerprint density at radius 2 is 2.04 bits per heavy atom. The molecule has 0 aromatic carbocycles. The molecule has 26 heavy (non-hydrogen) atoms. The lowest BCUT2D eigenvalue weighted by atomic mass is 9.94. The molecule has 7 heteroatoms. The van der Waals surface area contributed by atoms with Crippen LogP contribution in [0.3, 0.4) is 0 Å². The monoisotopic (exact) mass is 475 g/mol. The van der Waals surface area contributed by atoms with Crippen LogP contribution in [0.15, 0.2) is 15.6 Å². The number of aromatic nitrogens is 1. The van der Waals surface area contributed by atoms with E-state index < -0.39 is 0 Å². The quantitative estimate of drug-likeness (QED) is 0.412. The van der Waals surface area contributed by atoms with E-state index in [0.717, 1.165) is 36.6 Å². The molecule has 0 spiro atoms. The van der Waals surface area contributed by atoms with E-state index in [1.807, 2.05) is 13.2 Å². The van der Waals surface area contributed by atoms with E-state index in [9.17, 15) is 0 Å². The van der Waals surface area contributed by atoms with Gasteiger partial charge in [-0.25, -0.2) is 4.98 Å². The van der Waals surface area contributed by atoms with E-state index >= 15 is 0 Å². The molecule has 0 radical (unpaired) electrons. The molecule has 6 nitrogen and oxygen atoms in total. The maximum absolute atomic E-state index is 5.86.